The van der Waals surface area contributed by atoms with Crippen LogP contribution < -0.4 is 10.0 Å². The van der Waals surface area contributed by atoms with Gasteiger partial charge in [-0.2, -0.15) is 0 Å². The molecule has 1 amide bonds. The van der Waals surface area contributed by atoms with E-state index >= 15 is 0 Å². The molecule has 1 saturated heterocycles. The number of piperidine rings is 1. The molecule has 148 valence electrons. The highest BCUT2D eigenvalue weighted by atomic mass is 32.2. The van der Waals surface area contributed by atoms with Crippen molar-refractivity contribution in [1.29, 1.82) is 0 Å². The fourth-order valence-electron chi connectivity index (χ4n) is 3.43. The zero-order valence-electron chi connectivity index (χ0n) is 15.9. The lowest BCUT2D eigenvalue weighted by Crippen LogP contribution is -2.37. The Hall–Kier alpha value is -1.93. The van der Waals surface area contributed by atoms with Gasteiger partial charge in [0, 0.05) is 12.1 Å². The number of amidine groups is 1. The maximum absolute atomic E-state index is 12.3. The molecule has 8 heteroatoms. The van der Waals surface area contributed by atoms with E-state index in [4.69, 9.17) is 0 Å². The van der Waals surface area contributed by atoms with Crippen LogP contribution in [0.3, 0.4) is 0 Å². The highest BCUT2D eigenvalue weighted by Crippen LogP contribution is 2.22. The van der Waals surface area contributed by atoms with Crippen molar-refractivity contribution in [1.82, 2.24) is 14.9 Å². The third kappa shape index (κ3) is 4.87. The monoisotopic (exact) mass is 392 g/mol. The fourth-order valence-corrected chi connectivity index (χ4v) is 4.67. The summed E-state index contributed by atoms with van der Waals surface area (Å²) < 4.78 is 26.6. The lowest BCUT2D eigenvalue weighted by atomic mass is 9.99. The summed E-state index contributed by atoms with van der Waals surface area (Å²) in [4.78, 5) is 19.2. The summed E-state index contributed by atoms with van der Waals surface area (Å²) in [5.74, 6) is 0.855. The lowest BCUT2D eigenvalue weighted by Gasteiger charge is -2.30. The first-order chi connectivity index (χ1) is 12.9. The first-order valence-electron chi connectivity index (χ1n) is 9.57. The van der Waals surface area contributed by atoms with Crippen molar-refractivity contribution in [2.75, 3.05) is 26.2 Å². The molecule has 0 spiro atoms. The number of hydrogen-bond acceptors (Lipinski definition) is 5. The average Bonchev–Trinajstić information content (AvgIpc) is 2.90. The Morgan fingerprint density at radius 3 is 2.78 bits per heavy atom. The maximum atomic E-state index is 12.3. The van der Waals surface area contributed by atoms with Gasteiger partial charge in [0.05, 0.1) is 4.90 Å². The van der Waals surface area contributed by atoms with Crippen LogP contribution in [0.25, 0.3) is 0 Å². The van der Waals surface area contributed by atoms with E-state index in [9.17, 15) is 13.2 Å². The zero-order valence-corrected chi connectivity index (χ0v) is 16.8. The number of nitrogens with zero attached hydrogens (tertiary/aromatic N) is 2. The molecular weight excluding hydrogens is 364 g/mol. The highest BCUT2D eigenvalue weighted by Gasteiger charge is 2.31. The van der Waals surface area contributed by atoms with E-state index in [1.54, 1.807) is 25.1 Å². The molecular formula is C19H28N4O3S. The Morgan fingerprint density at radius 1 is 1.33 bits per heavy atom. The van der Waals surface area contributed by atoms with Crippen LogP contribution >= 0.6 is 0 Å². The quantitative estimate of drug-likeness (QED) is 0.715. The summed E-state index contributed by atoms with van der Waals surface area (Å²) in [6, 6.07) is 5.98. The van der Waals surface area contributed by atoms with Gasteiger partial charge < -0.3 is 10.2 Å². The van der Waals surface area contributed by atoms with Gasteiger partial charge >= 0.3 is 0 Å². The Balaban J connectivity index is 1.49. The molecule has 1 aromatic carbocycles. The molecule has 2 aliphatic heterocycles. The van der Waals surface area contributed by atoms with E-state index in [2.05, 4.69) is 26.9 Å². The molecule has 27 heavy (non-hydrogen) atoms. The number of hydrogen-bond donors (Lipinski definition) is 2. The smallest absolute Gasteiger partial charge is 0.263 e. The molecule has 3 rings (SSSR count). The standard InChI is InChI=1S/C19H28N4O3S/c1-14-8-12-23(13-9-14)11-5-10-20-19(24)15(2)21-18-16-6-3-4-7-17(16)27(25,26)22-18/h3-4,6-7,14-15H,5,8-13H2,1-2H3,(H,20,24)(H,21,22)/t15-/m0/s1. The van der Waals surface area contributed by atoms with Gasteiger partial charge in [-0.05, 0) is 63.9 Å². The van der Waals surface area contributed by atoms with Crippen molar-refractivity contribution in [3.05, 3.63) is 29.8 Å². The normalized spacial score (nSPS) is 22.2. The number of aliphatic imine (C=N–C) groups is 1. The van der Waals surface area contributed by atoms with Gasteiger partial charge in [0.25, 0.3) is 10.0 Å². The van der Waals surface area contributed by atoms with Gasteiger partial charge in [-0.15, -0.1) is 0 Å². The van der Waals surface area contributed by atoms with Gasteiger partial charge in [-0.25, -0.2) is 8.42 Å². The first kappa shape index (κ1) is 19.8. The van der Waals surface area contributed by atoms with Crippen LogP contribution in [0.1, 0.15) is 38.7 Å². The van der Waals surface area contributed by atoms with Crippen LogP contribution in [0.2, 0.25) is 0 Å². The summed E-state index contributed by atoms with van der Waals surface area (Å²) in [6.07, 6.45) is 3.40. The molecule has 0 unspecified atom stereocenters. The minimum absolute atomic E-state index is 0.196. The first-order valence-corrected chi connectivity index (χ1v) is 11.1. The van der Waals surface area contributed by atoms with E-state index in [0.29, 0.717) is 12.1 Å². The molecule has 7 nitrogen and oxygen atoms in total. The summed E-state index contributed by atoms with van der Waals surface area (Å²) in [5, 5.41) is 2.90. The fraction of sp³-hybridized carbons (Fsp3) is 0.579. The maximum Gasteiger partial charge on any atom is 0.263 e. The number of benzene rings is 1. The van der Waals surface area contributed by atoms with Gasteiger partial charge in [-0.1, -0.05) is 19.1 Å². The SMILES string of the molecule is CC1CCN(CCCNC(=O)[C@H](C)N=C2NS(=O)(=O)c3ccccc32)CC1. The third-order valence-corrected chi connectivity index (χ3v) is 6.59. The van der Waals surface area contributed by atoms with E-state index in [1.807, 2.05) is 0 Å². The highest BCUT2D eigenvalue weighted by molar-refractivity contribution is 7.90. The molecule has 1 aromatic rings. The molecule has 0 saturated carbocycles. The number of carbonyl (C=O) groups is 1. The lowest BCUT2D eigenvalue weighted by molar-refractivity contribution is -0.121. The molecule has 0 radical (unpaired) electrons. The van der Waals surface area contributed by atoms with Crippen LogP contribution in [0, 0.1) is 5.92 Å². The molecule has 1 atom stereocenters. The van der Waals surface area contributed by atoms with Crippen molar-refractivity contribution in [3.63, 3.8) is 0 Å². The number of carbonyl (C=O) groups excluding carboxylic acids is 1. The molecule has 2 aliphatic rings. The Bertz CT molecular complexity index is 814. The summed E-state index contributed by atoms with van der Waals surface area (Å²) in [7, 11) is -3.58. The third-order valence-electron chi connectivity index (χ3n) is 5.19. The number of sulfonamides is 1. The second-order valence-corrected chi connectivity index (χ2v) is 9.07. The molecule has 0 aromatic heterocycles. The second-order valence-electron chi connectivity index (χ2n) is 7.42. The van der Waals surface area contributed by atoms with Gasteiger partial charge in [0.2, 0.25) is 5.91 Å². The van der Waals surface area contributed by atoms with Crippen molar-refractivity contribution in [2.24, 2.45) is 10.9 Å². The van der Waals surface area contributed by atoms with Gasteiger partial charge in [0.1, 0.15) is 11.9 Å². The van der Waals surface area contributed by atoms with Crippen molar-refractivity contribution in [3.8, 4) is 0 Å². The number of nitrogens with one attached hydrogen (secondary N) is 2. The number of amides is 1. The predicted octanol–water partition coefficient (Wildman–Crippen LogP) is 1.35. The van der Waals surface area contributed by atoms with Crippen LogP contribution in [0.15, 0.2) is 34.2 Å². The molecule has 0 aliphatic carbocycles. The molecule has 0 bridgehead atoms. The Kier molecular flexibility index (Phi) is 6.16. The molecule has 2 heterocycles. The predicted molar refractivity (Wildman–Crippen MR) is 105 cm³/mol. The number of likely N-dealkylation sites (tertiary alicyclic amines) is 1. The molecule has 2 N–H and O–H groups in total. The summed E-state index contributed by atoms with van der Waals surface area (Å²) >= 11 is 0. The van der Waals surface area contributed by atoms with Crippen molar-refractivity contribution in [2.45, 2.75) is 44.0 Å². The minimum atomic E-state index is -3.58. The number of fused-ring (bicyclic) bond motifs is 1. The van der Waals surface area contributed by atoms with E-state index in [-0.39, 0.29) is 16.6 Å². The van der Waals surface area contributed by atoms with Crippen molar-refractivity contribution >= 4 is 21.8 Å². The van der Waals surface area contributed by atoms with Gasteiger partial charge in [0.15, 0.2) is 0 Å². The Morgan fingerprint density at radius 2 is 2.04 bits per heavy atom. The van der Waals surface area contributed by atoms with Crippen LogP contribution in [0.5, 0.6) is 0 Å². The average molecular weight is 393 g/mol. The summed E-state index contributed by atoms with van der Waals surface area (Å²) in [6.45, 7) is 7.83. The van der Waals surface area contributed by atoms with Crippen molar-refractivity contribution < 1.29 is 13.2 Å². The number of rotatable bonds is 6. The second kappa shape index (κ2) is 8.39. The van der Waals surface area contributed by atoms with Crippen LogP contribution in [-0.4, -0.2) is 57.3 Å². The van der Waals surface area contributed by atoms with Crippen LogP contribution in [0.4, 0.5) is 0 Å². The van der Waals surface area contributed by atoms with E-state index < -0.39 is 16.1 Å². The summed E-state index contributed by atoms with van der Waals surface area (Å²) in [5.41, 5.74) is 0.511. The Labute approximate surface area is 161 Å². The van der Waals surface area contributed by atoms with Gasteiger partial charge in [-0.3, -0.25) is 14.5 Å². The molecule has 1 fully saturated rings. The van der Waals surface area contributed by atoms with E-state index in [1.165, 1.54) is 18.9 Å². The van der Waals surface area contributed by atoms with Crippen LogP contribution in [-0.2, 0) is 14.8 Å². The zero-order chi connectivity index (χ0) is 19.4. The topological polar surface area (TPSA) is 90.9 Å². The van der Waals surface area contributed by atoms with E-state index in [0.717, 1.165) is 32.0 Å². The largest absolute Gasteiger partial charge is 0.354 e. The minimum Gasteiger partial charge on any atom is -0.354 e.